The van der Waals surface area contributed by atoms with E-state index in [1.807, 2.05) is 49.4 Å². The van der Waals surface area contributed by atoms with E-state index >= 15 is 0 Å². The van der Waals surface area contributed by atoms with Gasteiger partial charge in [-0.15, -0.1) is 0 Å². The normalized spacial score (nSPS) is 14.9. The van der Waals surface area contributed by atoms with Crippen LogP contribution in [0.1, 0.15) is 35.6 Å². The molecule has 0 radical (unpaired) electrons. The average molecular weight is 335 g/mol. The van der Waals surface area contributed by atoms with E-state index in [1.165, 1.54) is 6.08 Å². The molecule has 1 N–H and O–H groups in total. The third-order valence-corrected chi connectivity index (χ3v) is 3.99. The maximum absolute atomic E-state index is 12.4. The zero-order chi connectivity index (χ0) is 17.6. The quantitative estimate of drug-likeness (QED) is 0.648. The second kappa shape index (κ2) is 7.79. The molecule has 2 aromatic carbocycles. The Kier molecular flexibility index (Phi) is 5.29. The Morgan fingerprint density at radius 3 is 2.40 bits per heavy atom. The topological polar surface area (TPSA) is 55.4 Å². The summed E-state index contributed by atoms with van der Waals surface area (Å²) in [4.78, 5) is 24.6. The molecule has 25 heavy (non-hydrogen) atoms. The number of hydrogen-bond acceptors (Lipinski definition) is 3. The molecule has 3 rings (SSSR count). The summed E-state index contributed by atoms with van der Waals surface area (Å²) < 4.78 is 5.43. The number of ether oxygens (including phenoxy) is 1. The first kappa shape index (κ1) is 17.0. The second-order valence-corrected chi connectivity index (χ2v) is 6.25. The predicted octanol–water partition coefficient (Wildman–Crippen LogP) is 3.57. The minimum atomic E-state index is -0.933. The zero-order valence-corrected chi connectivity index (χ0v) is 14.1. The lowest BCUT2D eigenvalue weighted by Gasteiger charge is -2.17. The Morgan fingerprint density at radius 2 is 1.76 bits per heavy atom. The molecule has 128 valence electrons. The van der Waals surface area contributed by atoms with Crippen molar-refractivity contribution in [2.45, 2.75) is 31.9 Å². The Balaban J connectivity index is 1.69. The lowest BCUT2D eigenvalue weighted by Crippen LogP contribution is -2.33. The van der Waals surface area contributed by atoms with Crippen molar-refractivity contribution in [2.75, 3.05) is 0 Å². The SMILES string of the molecule is Cc1ccc(/C=C/C(=O)OC(C(=O)NC2CC2)c2ccccc2)cc1. The standard InChI is InChI=1S/C21H21NO3/c1-15-7-9-16(10-8-15)11-14-19(23)25-20(17-5-3-2-4-6-17)21(24)22-18-12-13-18/h2-11,14,18,20H,12-13H2,1H3,(H,22,24)/b14-11+. The van der Waals surface area contributed by atoms with Gasteiger partial charge in [0.1, 0.15) is 0 Å². The maximum Gasteiger partial charge on any atom is 0.331 e. The molecule has 1 atom stereocenters. The molecule has 1 fully saturated rings. The van der Waals surface area contributed by atoms with Crippen LogP contribution in [0.25, 0.3) is 6.08 Å². The first-order valence-electron chi connectivity index (χ1n) is 8.42. The van der Waals surface area contributed by atoms with Crippen molar-refractivity contribution in [1.82, 2.24) is 5.32 Å². The smallest absolute Gasteiger partial charge is 0.331 e. The van der Waals surface area contributed by atoms with Crippen LogP contribution in [0.3, 0.4) is 0 Å². The van der Waals surface area contributed by atoms with Gasteiger partial charge in [-0.1, -0.05) is 60.2 Å². The van der Waals surface area contributed by atoms with E-state index in [0.29, 0.717) is 5.56 Å². The van der Waals surface area contributed by atoms with Gasteiger partial charge < -0.3 is 10.1 Å². The molecule has 1 unspecified atom stereocenters. The van der Waals surface area contributed by atoms with Gasteiger partial charge in [-0.2, -0.15) is 0 Å². The summed E-state index contributed by atoms with van der Waals surface area (Å²) in [6, 6.07) is 17.1. The van der Waals surface area contributed by atoms with Crippen molar-refractivity contribution in [3.05, 3.63) is 77.4 Å². The van der Waals surface area contributed by atoms with Crippen LogP contribution < -0.4 is 5.32 Å². The average Bonchev–Trinajstić information content (AvgIpc) is 3.44. The molecule has 1 amide bonds. The monoisotopic (exact) mass is 335 g/mol. The van der Waals surface area contributed by atoms with Crippen molar-refractivity contribution in [1.29, 1.82) is 0 Å². The molecule has 0 heterocycles. The van der Waals surface area contributed by atoms with Gasteiger partial charge in [0.2, 0.25) is 6.10 Å². The molecular formula is C21H21NO3. The maximum atomic E-state index is 12.4. The fourth-order valence-corrected chi connectivity index (χ4v) is 2.40. The van der Waals surface area contributed by atoms with Gasteiger partial charge in [0, 0.05) is 17.7 Å². The van der Waals surface area contributed by atoms with Crippen LogP contribution >= 0.6 is 0 Å². The Bertz CT molecular complexity index is 761. The molecule has 1 saturated carbocycles. The Morgan fingerprint density at radius 1 is 1.08 bits per heavy atom. The Hall–Kier alpha value is -2.88. The summed E-state index contributed by atoms with van der Waals surface area (Å²) in [5.41, 5.74) is 2.72. The molecule has 4 nitrogen and oxygen atoms in total. The molecule has 0 spiro atoms. The van der Waals surface area contributed by atoms with E-state index in [1.54, 1.807) is 18.2 Å². The molecule has 0 saturated heterocycles. The number of nitrogens with one attached hydrogen (secondary N) is 1. The Labute approximate surface area is 147 Å². The summed E-state index contributed by atoms with van der Waals surface area (Å²) >= 11 is 0. The molecule has 0 aliphatic heterocycles. The number of carbonyl (C=O) groups excluding carboxylic acids is 2. The van der Waals surface area contributed by atoms with Crippen LogP contribution in [0, 0.1) is 6.92 Å². The highest BCUT2D eigenvalue weighted by atomic mass is 16.5. The minimum Gasteiger partial charge on any atom is -0.444 e. The molecule has 1 aliphatic carbocycles. The summed E-state index contributed by atoms with van der Waals surface area (Å²) in [5.74, 6) is -0.814. The van der Waals surface area contributed by atoms with Crippen LogP contribution in [0.5, 0.6) is 0 Å². The van der Waals surface area contributed by atoms with E-state index in [9.17, 15) is 9.59 Å². The molecule has 0 aromatic heterocycles. The summed E-state index contributed by atoms with van der Waals surface area (Å²) in [6.07, 6.45) is 4.06. The van der Waals surface area contributed by atoms with Gasteiger partial charge >= 0.3 is 5.97 Å². The van der Waals surface area contributed by atoms with Gasteiger partial charge in [-0.25, -0.2) is 4.79 Å². The molecular weight excluding hydrogens is 314 g/mol. The van der Waals surface area contributed by atoms with Gasteiger partial charge in [-0.3, -0.25) is 4.79 Å². The second-order valence-electron chi connectivity index (χ2n) is 6.25. The van der Waals surface area contributed by atoms with Crippen LogP contribution in [0.4, 0.5) is 0 Å². The van der Waals surface area contributed by atoms with Gasteiger partial charge in [0.25, 0.3) is 5.91 Å². The number of amides is 1. The van der Waals surface area contributed by atoms with Gasteiger partial charge in [-0.05, 0) is 31.4 Å². The fraction of sp³-hybridized carbons (Fsp3) is 0.238. The number of carbonyl (C=O) groups is 2. The lowest BCUT2D eigenvalue weighted by atomic mass is 10.1. The van der Waals surface area contributed by atoms with Crippen molar-refractivity contribution in [2.24, 2.45) is 0 Å². The van der Waals surface area contributed by atoms with Crippen molar-refractivity contribution in [3.8, 4) is 0 Å². The van der Waals surface area contributed by atoms with Crippen LogP contribution in [0.2, 0.25) is 0 Å². The first-order valence-corrected chi connectivity index (χ1v) is 8.42. The fourth-order valence-electron chi connectivity index (χ4n) is 2.40. The molecule has 1 aliphatic rings. The third kappa shape index (κ3) is 5.05. The number of hydrogen-bond donors (Lipinski definition) is 1. The van der Waals surface area contributed by atoms with Crippen molar-refractivity contribution >= 4 is 18.0 Å². The van der Waals surface area contributed by atoms with Crippen molar-refractivity contribution < 1.29 is 14.3 Å². The highest BCUT2D eigenvalue weighted by molar-refractivity contribution is 5.91. The highest BCUT2D eigenvalue weighted by Crippen LogP contribution is 2.23. The number of aryl methyl sites for hydroxylation is 1. The van der Waals surface area contributed by atoms with Gasteiger partial charge in [0.05, 0.1) is 0 Å². The molecule has 0 bridgehead atoms. The highest BCUT2D eigenvalue weighted by Gasteiger charge is 2.30. The summed E-state index contributed by atoms with van der Waals surface area (Å²) in [5, 5.41) is 2.90. The van der Waals surface area contributed by atoms with Crippen LogP contribution in [0.15, 0.2) is 60.7 Å². The van der Waals surface area contributed by atoms with Crippen LogP contribution in [-0.2, 0) is 14.3 Å². The molecule has 4 heteroatoms. The number of rotatable bonds is 6. The number of benzene rings is 2. The predicted molar refractivity (Wildman–Crippen MR) is 96.7 cm³/mol. The van der Waals surface area contributed by atoms with Gasteiger partial charge in [0.15, 0.2) is 0 Å². The lowest BCUT2D eigenvalue weighted by molar-refractivity contribution is -0.151. The zero-order valence-electron chi connectivity index (χ0n) is 14.1. The first-order chi connectivity index (χ1) is 12.1. The largest absolute Gasteiger partial charge is 0.444 e. The van der Waals surface area contributed by atoms with Crippen molar-refractivity contribution in [3.63, 3.8) is 0 Å². The summed E-state index contributed by atoms with van der Waals surface area (Å²) in [6.45, 7) is 2.00. The van der Waals surface area contributed by atoms with E-state index in [2.05, 4.69) is 5.32 Å². The van der Waals surface area contributed by atoms with E-state index in [-0.39, 0.29) is 11.9 Å². The van der Waals surface area contributed by atoms with E-state index in [4.69, 9.17) is 4.74 Å². The molecule has 2 aromatic rings. The van der Waals surface area contributed by atoms with Crippen LogP contribution in [-0.4, -0.2) is 17.9 Å². The van der Waals surface area contributed by atoms with E-state index < -0.39 is 12.1 Å². The third-order valence-electron chi connectivity index (χ3n) is 3.99. The number of esters is 1. The summed E-state index contributed by atoms with van der Waals surface area (Å²) in [7, 11) is 0. The van der Waals surface area contributed by atoms with E-state index in [0.717, 1.165) is 24.0 Å². The minimum absolute atomic E-state index is 0.209.